The Bertz CT molecular complexity index is 1620. The standard InChI is InChI=1S/C32H28N4O6/c1-22-19-30(34(25-7-3-2-4-8-25)32(38)21-24-13-17-27(18-14-24)36(41)42)28-9-5-6-10-29(28)33(22)31(37)20-23-11-15-26(16-12-23)35(39)40/h2-18,22,30H,19-21H2,1H3/t22-,30+/m0/s1. The van der Waals surface area contributed by atoms with Crippen LogP contribution >= 0.6 is 0 Å². The highest BCUT2D eigenvalue weighted by Crippen LogP contribution is 2.42. The number of hydrogen-bond donors (Lipinski definition) is 0. The molecule has 0 radical (unpaired) electrons. The zero-order valence-corrected chi connectivity index (χ0v) is 22.8. The Balaban J connectivity index is 1.46. The first-order chi connectivity index (χ1) is 20.2. The predicted molar refractivity (Wildman–Crippen MR) is 158 cm³/mol. The molecule has 4 aromatic carbocycles. The van der Waals surface area contributed by atoms with E-state index in [1.54, 1.807) is 34.1 Å². The second-order valence-corrected chi connectivity index (χ2v) is 10.2. The van der Waals surface area contributed by atoms with Crippen LogP contribution in [0.4, 0.5) is 22.7 Å². The summed E-state index contributed by atoms with van der Waals surface area (Å²) < 4.78 is 0. The summed E-state index contributed by atoms with van der Waals surface area (Å²) >= 11 is 0. The van der Waals surface area contributed by atoms with Crippen molar-refractivity contribution in [3.8, 4) is 0 Å². The fourth-order valence-electron chi connectivity index (χ4n) is 5.48. The minimum absolute atomic E-state index is 0.0369. The van der Waals surface area contributed by atoms with E-state index in [-0.39, 0.29) is 48.1 Å². The Morgan fingerprint density at radius 2 is 1.29 bits per heavy atom. The van der Waals surface area contributed by atoms with E-state index in [1.165, 1.54) is 24.3 Å². The summed E-state index contributed by atoms with van der Waals surface area (Å²) in [7, 11) is 0. The minimum Gasteiger partial charge on any atom is -0.309 e. The van der Waals surface area contributed by atoms with Crippen molar-refractivity contribution in [3.05, 3.63) is 140 Å². The smallest absolute Gasteiger partial charge is 0.269 e. The first-order valence-electron chi connectivity index (χ1n) is 13.5. The Labute approximate surface area is 242 Å². The van der Waals surface area contributed by atoms with Gasteiger partial charge in [0.1, 0.15) is 0 Å². The number of benzene rings is 4. The molecule has 10 heteroatoms. The Morgan fingerprint density at radius 3 is 1.86 bits per heavy atom. The van der Waals surface area contributed by atoms with E-state index in [4.69, 9.17) is 0 Å². The number of carbonyl (C=O) groups is 2. The number of hydrogen-bond acceptors (Lipinski definition) is 6. The van der Waals surface area contributed by atoms with E-state index in [1.807, 2.05) is 61.5 Å². The van der Waals surface area contributed by atoms with Crippen molar-refractivity contribution >= 4 is 34.6 Å². The van der Waals surface area contributed by atoms with Crippen molar-refractivity contribution in [3.63, 3.8) is 0 Å². The third-order valence-corrected chi connectivity index (χ3v) is 7.45. The molecule has 0 aliphatic carbocycles. The van der Waals surface area contributed by atoms with Crippen molar-refractivity contribution in [1.29, 1.82) is 0 Å². The van der Waals surface area contributed by atoms with Crippen molar-refractivity contribution in [1.82, 2.24) is 0 Å². The lowest BCUT2D eigenvalue weighted by molar-refractivity contribution is -0.385. The van der Waals surface area contributed by atoms with Gasteiger partial charge in [0.05, 0.1) is 28.7 Å². The zero-order chi connectivity index (χ0) is 29.8. The number of carbonyl (C=O) groups excluding carboxylic acids is 2. The number of fused-ring (bicyclic) bond motifs is 1. The number of amides is 2. The number of nitrogens with zero attached hydrogens (tertiary/aromatic N) is 4. The number of rotatable bonds is 8. The highest BCUT2D eigenvalue weighted by molar-refractivity contribution is 5.99. The molecule has 1 aliphatic rings. The third kappa shape index (κ3) is 5.87. The van der Waals surface area contributed by atoms with Gasteiger partial charge in [-0.15, -0.1) is 0 Å². The number of nitro groups is 2. The summed E-state index contributed by atoms with van der Waals surface area (Å²) in [6.45, 7) is 1.95. The van der Waals surface area contributed by atoms with Gasteiger partial charge < -0.3 is 9.80 Å². The number of anilines is 2. The fourth-order valence-corrected chi connectivity index (χ4v) is 5.48. The zero-order valence-electron chi connectivity index (χ0n) is 22.8. The Kier molecular flexibility index (Phi) is 8.05. The molecule has 0 N–H and O–H groups in total. The highest BCUT2D eigenvalue weighted by atomic mass is 16.6. The molecule has 0 spiro atoms. The normalized spacial score (nSPS) is 15.9. The molecule has 0 bridgehead atoms. The second-order valence-electron chi connectivity index (χ2n) is 10.2. The lowest BCUT2D eigenvalue weighted by Gasteiger charge is -2.43. The van der Waals surface area contributed by atoms with Crippen molar-refractivity contribution in [2.24, 2.45) is 0 Å². The number of non-ortho nitro benzene ring substituents is 2. The molecule has 0 fully saturated rings. The molecule has 0 saturated heterocycles. The summed E-state index contributed by atoms with van der Waals surface area (Å²) in [6, 6.07) is 28.2. The topological polar surface area (TPSA) is 127 Å². The van der Waals surface area contributed by atoms with Crippen LogP contribution < -0.4 is 9.80 Å². The van der Waals surface area contributed by atoms with Crippen LogP contribution in [0.1, 0.15) is 36.1 Å². The van der Waals surface area contributed by atoms with Crippen LogP contribution in [-0.4, -0.2) is 27.7 Å². The van der Waals surface area contributed by atoms with Gasteiger partial charge in [0, 0.05) is 41.7 Å². The summed E-state index contributed by atoms with van der Waals surface area (Å²) in [4.78, 5) is 52.2. The van der Waals surface area contributed by atoms with Crippen LogP contribution in [0.5, 0.6) is 0 Å². The van der Waals surface area contributed by atoms with Gasteiger partial charge in [0.2, 0.25) is 11.8 Å². The largest absolute Gasteiger partial charge is 0.309 e. The van der Waals surface area contributed by atoms with Crippen molar-refractivity contribution in [2.45, 2.75) is 38.3 Å². The molecule has 1 heterocycles. The minimum atomic E-state index is -0.476. The van der Waals surface area contributed by atoms with Crippen LogP contribution in [0.3, 0.4) is 0 Å². The average molecular weight is 565 g/mol. The maximum Gasteiger partial charge on any atom is 0.269 e. The van der Waals surface area contributed by atoms with Gasteiger partial charge in [-0.2, -0.15) is 0 Å². The Morgan fingerprint density at radius 1 is 0.762 bits per heavy atom. The number of nitro benzene ring substituents is 2. The van der Waals surface area contributed by atoms with Gasteiger partial charge in [-0.3, -0.25) is 29.8 Å². The molecule has 0 aromatic heterocycles. The molecule has 42 heavy (non-hydrogen) atoms. The highest BCUT2D eigenvalue weighted by Gasteiger charge is 2.38. The monoisotopic (exact) mass is 564 g/mol. The first kappa shape index (κ1) is 28.2. The maximum absolute atomic E-state index is 13.9. The van der Waals surface area contributed by atoms with Gasteiger partial charge in [-0.1, -0.05) is 60.7 Å². The summed E-state index contributed by atoms with van der Waals surface area (Å²) in [5.41, 5.74) is 3.49. The summed E-state index contributed by atoms with van der Waals surface area (Å²) in [6.07, 6.45) is 0.593. The molecule has 2 atom stereocenters. The van der Waals surface area contributed by atoms with Crippen LogP contribution in [-0.2, 0) is 22.4 Å². The van der Waals surface area contributed by atoms with E-state index >= 15 is 0 Å². The lowest BCUT2D eigenvalue weighted by atomic mass is 9.89. The molecule has 10 nitrogen and oxygen atoms in total. The van der Waals surface area contributed by atoms with Crippen molar-refractivity contribution in [2.75, 3.05) is 9.80 Å². The average Bonchev–Trinajstić information content (AvgIpc) is 2.98. The molecule has 0 unspecified atom stereocenters. The van der Waals surface area contributed by atoms with E-state index in [9.17, 15) is 29.8 Å². The van der Waals surface area contributed by atoms with E-state index < -0.39 is 9.85 Å². The summed E-state index contributed by atoms with van der Waals surface area (Å²) in [5, 5.41) is 22.1. The third-order valence-electron chi connectivity index (χ3n) is 7.45. The second kappa shape index (κ2) is 12.0. The van der Waals surface area contributed by atoms with Crippen LogP contribution in [0.2, 0.25) is 0 Å². The van der Waals surface area contributed by atoms with Gasteiger partial charge in [-0.25, -0.2) is 0 Å². The van der Waals surface area contributed by atoms with Gasteiger partial charge in [0.15, 0.2) is 0 Å². The van der Waals surface area contributed by atoms with Crippen LogP contribution in [0, 0.1) is 20.2 Å². The van der Waals surface area contributed by atoms with Crippen molar-refractivity contribution < 1.29 is 19.4 Å². The molecular formula is C32H28N4O6. The SMILES string of the molecule is C[C@H]1C[C@@H](N(C(=O)Cc2ccc([N+](=O)[O-])cc2)c2ccccc2)c2ccccc2N1C(=O)Cc1ccc([N+](=O)[O-])cc1. The first-order valence-corrected chi connectivity index (χ1v) is 13.5. The fraction of sp³-hybridized carbons (Fsp3) is 0.188. The van der Waals surface area contributed by atoms with E-state index in [0.29, 0.717) is 28.9 Å². The van der Waals surface area contributed by atoms with Crippen LogP contribution in [0.25, 0.3) is 0 Å². The van der Waals surface area contributed by atoms with E-state index in [0.717, 1.165) is 5.56 Å². The van der Waals surface area contributed by atoms with Gasteiger partial charge in [-0.05, 0) is 48.2 Å². The van der Waals surface area contributed by atoms with Gasteiger partial charge >= 0.3 is 0 Å². The molecule has 0 saturated carbocycles. The molecular weight excluding hydrogens is 536 g/mol. The molecule has 2 amide bonds. The lowest BCUT2D eigenvalue weighted by Crippen LogP contribution is -2.48. The molecule has 212 valence electrons. The Hall–Kier alpha value is -5.38. The van der Waals surface area contributed by atoms with Crippen LogP contribution in [0.15, 0.2) is 103 Å². The molecule has 4 aromatic rings. The number of para-hydroxylation sites is 2. The molecule has 1 aliphatic heterocycles. The van der Waals surface area contributed by atoms with Gasteiger partial charge in [0.25, 0.3) is 11.4 Å². The maximum atomic E-state index is 13.9. The quantitative estimate of drug-likeness (QED) is 0.186. The van der Waals surface area contributed by atoms with E-state index in [2.05, 4.69) is 0 Å². The summed E-state index contributed by atoms with van der Waals surface area (Å²) in [5.74, 6) is -0.321. The molecule has 5 rings (SSSR count). The predicted octanol–water partition coefficient (Wildman–Crippen LogP) is 6.19.